The number of H-pyrrole nitrogens is 1. The molecule has 3 rings (SSSR count). The summed E-state index contributed by atoms with van der Waals surface area (Å²) in [5.41, 5.74) is 1.66. The van der Waals surface area contributed by atoms with Gasteiger partial charge in [0.1, 0.15) is 5.03 Å². The summed E-state index contributed by atoms with van der Waals surface area (Å²) < 4.78 is 0. The first kappa shape index (κ1) is 15.4. The molecule has 118 valence electrons. The highest BCUT2D eigenvalue weighted by Gasteiger charge is 2.19. The van der Waals surface area contributed by atoms with Crippen LogP contribution in [-0.4, -0.2) is 26.4 Å². The largest absolute Gasteiger partial charge is 0.346 e. The second-order valence-electron chi connectivity index (χ2n) is 5.18. The summed E-state index contributed by atoms with van der Waals surface area (Å²) in [6.45, 7) is 0. The van der Waals surface area contributed by atoms with Crippen LogP contribution >= 0.6 is 11.8 Å². The maximum Gasteiger partial charge on any atom is 0.346 e. The number of fused-ring (bicyclic) bond motifs is 1. The van der Waals surface area contributed by atoms with Gasteiger partial charge in [0, 0.05) is 29.0 Å². The van der Waals surface area contributed by atoms with Crippen LogP contribution in [0, 0.1) is 10.1 Å². The van der Waals surface area contributed by atoms with Crippen molar-refractivity contribution in [1.82, 2.24) is 9.97 Å². The zero-order valence-electron chi connectivity index (χ0n) is 12.1. The number of nitrogens with zero attached hydrogens (tertiary/aromatic N) is 2. The molecule has 1 aromatic carbocycles. The molecule has 1 aromatic heterocycles. The molecule has 0 atom stereocenters. The van der Waals surface area contributed by atoms with Gasteiger partial charge in [0.15, 0.2) is 5.78 Å². The second kappa shape index (κ2) is 6.33. The number of carbonyl (C=O) groups is 1. The molecule has 23 heavy (non-hydrogen) atoms. The highest BCUT2D eigenvalue weighted by molar-refractivity contribution is 8.00. The molecule has 0 amide bonds. The molecule has 2 aromatic rings. The first-order chi connectivity index (χ1) is 11.0. The number of nitrogens with one attached hydrogen (secondary N) is 1. The number of rotatable bonds is 5. The number of aromatic amines is 1. The van der Waals surface area contributed by atoms with Crippen LogP contribution in [0.2, 0.25) is 0 Å². The molecular weight excluding hydrogens is 318 g/mol. The Labute approximate surface area is 135 Å². The van der Waals surface area contributed by atoms with Crippen molar-refractivity contribution in [2.45, 2.75) is 24.3 Å². The summed E-state index contributed by atoms with van der Waals surface area (Å²) in [6.07, 6.45) is 2.62. The maximum absolute atomic E-state index is 12.2. The van der Waals surface area contributed by atoms with Crippen molar-refractivity contribution in [3.63, 3.8) is 0 Å². The lowest BCUT2D eigenvalue weighted by Gasteiger charge is -2.06. The summed E-state index contributed by atoms with van der Waals surface area (Å²) >= 11 is 1.21. The predicted molar refractivity (Wildman–Crippen MR) is 85.0 cm³/mol. The fraction of sp³-hybridized carbons (Fsp3) is 0.267. The van der Waals surface area contributed by atoms with Crippen LogP contribution in [0.25, 0.3) is 0 Å². The standard InChI is InChI=1S/C15H13N3O4S/c19-13(9-3-1-4-10(7-9)18(21)22)8-23-14-11-5-2-6-12(11)16-15(20)17-14/h1,3-4,7H,2,5-6,8H2,(H,16,17,20). The SMILES string of the molecule is O=C(CSc1nc(=O)[nH]c2c1CCC2)c1cccc([N+](=O)[O-])c1. The van der Waals surface area contributed by atoms with Gasteiger partial charge >= 0.3 is 5.69 Å². The average molecular weight is 331 g/mol. The molecule has 0 bridgehead atoms. The van der Waals surface area contributed by atoms with Gasteiger partial charge in [-0.1, -0.05) is 23.9 Å². The van der Waals surface area contributed by atoms with Gasteiger partial charge in [0.2, 0.25) is 0 Å². The van der Waals surface area contributed by atoms with Gasteiger partial charge < -0.3 is 4.98 Å². The van der Waals surface area contributed by atoms with Gasteiger partial charge in [-0.15, -0.1) is 0 Å². The van der Waals surface area contributed by atoms with Crippen molar-refractivity contribution in [1.29, 1.82) is 0 Å². The van der Waals surface area contributed by atoms with E-state index in [1.54, 1.807) is 6.07 Å². The number of non-ortho nitro benzene ring substituents is 1. The Morgan fingerprint density at radius 1 is 1.39 bits per heavy atom. The Hall–Kier alpha value is -2.48. The Morgan fingerprint density at radius 3 is 3.00 bits per heavy atom. The third-order valence-corrected chi connectivity index (χ3v) is 4.67. The van der Waals surface area contributed by atoms with Crippen LogP contribution in [0.5, 0.6) is 0 Å². The molecule has 0 aliphatic heterocycles. The van der Waals surface area contributed by atoms with Crippen molar-refractivity contribution in [2.75, 3.05) is 5.75 Å². The van der Waals surface area contributed by atoms with Crippen LogP contribution in [0.3, 0.4) is 0 Å². The van der Waals surface area contributed by atoms with Crippen molar-refractivity contribution in [2.24, 2.45) is 0 Å². The lowest BCUT2D eigenvalue weighted by atomic mass is 10.1. The van der Waals surface area contributed by atoms with E-state index >= 15 is 0 Å². The minimum atomic E-state index is -0.533. The molecule has 1 heterocycles. The Bertz CT molecular complexity index is 847. The first-order valence-corrected chi connectivity index (χ1v) is 8.05. The van der Waals surface area contributed by atoms with Gasteiger partial charge in [-0.25, -0.2) is 4.79 Å². The van der Waals surface area contributed by atoms with E-state index in [0.29, 0.717) is 5.03 Å². The van der Waals surface area contributed by atoms with Gasteiger partial charge in [-0.3, -0.25) is 14.9 Å². The minimum Gasteiger partial charge on any atom is -0.309 e. The van der Waals surface area contributed by atoms with Crippen molar-refractivity contribution < 1.29 is 9.72 Å². The molecule has 0 radical (unpaired) electrons. The average Bonchev–Trinajstić information content (AvgIpc) is 3.00. The van der Waals surface area contributed by atoms with Crippen LogP contribution in [-0.2, 0) is 12.8 Å². The Kier molecular flexibility index (Phi) is 4.24. The van der Waals surface area contributed by atoms with E-state index in [-0.39, 0.29) is 22.8 Å². The Balaban J connectivity index is 1.76. The van der Waals surface area contributed by atoms with Gasteiger partial charge in [0.25, 0.3) is 5.69 Å². The number of carbonyl (C=O) groups excluding carboxylic acids is 1. The van der Waals surface area contributed by atoms with Crippen LogP contribution < -0.4 is 5.69 Å². The van der Waals surface area contributed by atoms with Gasteiger partial charge in [-0.05, 0) is 19.3 Å². The number of nitro benzene ring substituents is 1. The molecule has 0 saturated carbocycles. The molecule has 8 heteroatoms. The number of ketones is 1. The smallest absolute Gasteiger partial charge is 0.309 e. The van der Waals surface area contributed by atoms with Crippen LogP contribution in [0.4, 0.5) is 5.69 Å². The maximum atomic E-state index is 12.2. The number of aromatic nitrogens is 2. The highest BCUT2D eigenvalue weighted by Crippen LogP contribution is 2.28. The van der Waals surface area contributed by atoms with E-state index in [1.165, 1.54) is 30.0 Å². The molecular formula is C15H13N3O4S. The number of benzene rings is 1. The van der Waals surface area contributed by atoms with Crippen molar-refractivity contribution >= 4 is 23.2 Å². The second-order valence-corrected chi connectivity index (χ2v) is 6.14. The molecule has 0 spiro atoms. The van der Waals surface area contributed by atoms with Crippen molar-refractivity contribution in [3.8, 4) is 0 Å². The summed E-state index contributed by atoms with van der Waals surface area (Å²) in [5, 5.41) is 11.3. The highest BCUT2D eigenvalue weighted by atomic mass is 32.2. The number of hydrogen-bond donors (Lipinski definition) is 1. The fourth-order valence-electron chi connectivity index (χ4n) is 2.56. The minimum absolute atomic E-state index is 0.0874. The Morgan fingerprint density at radius 2 is 2.22 bits per heavy atom. The van der Waals surface area contributed by atoms with Crippen LogP contribution in [0.15, 0.2) is 34.1 Å². The summed E-state index contributed by atoms with van der Waals surface area (Å²) in [5.74, 6) is -0.142. The molecule has 1 N–H and O–H groups in total. The van der Waals surface area contributed by atoms with E-state index in [9.17, 15) is 19.7 Å². The summed E-state index contributed by atoms with van der Waals surface area (Å²) in [6, 6.07) is 5.64. The molecule has 1 aliphatic carbocycles. The molecule has 0 unspecified atom stereocenters. The molecule has 0 saturated heterocycles. The van der Waals surface area contributed by atoms with E-state index < -0.39 is 10.6 Å². The topological polar surface area (TPSA) is 106 Å². The zero-order valence-corrected chi connectivity index (χ0v) is 12.9. The van der Waals surface area contributed by atoms with Gasteiger partial charge in [0.05, 0.1) is 10.7 Å². The van der Waals surface area contributed by atoms with Gasteiger partial charge in [-0.2, -0.15) is 4.98 Å². The number of hydrogen-bond acceptors (Lipinski definition) is 6. The summed E-state index contributed by atoms with van der Waals surface area (Å²) in [4.78, 5) is 40.7. The van der Waals surface area contributed by atoms with E-state index in [1.807, 2.05) is 0 Å². The quantitative estimate of drug-likeness (QED) is 0.296. The van der Waals surface area contributed by atoms with Crippen molar-refractivity contribution in [3.05, 3.63) is 61.7 Å². The van der Waals surface area contributed by atoms with E-state index in [4.69, 9.17) is 0 Å². The molecule has 7 nitrogen and oxygen atoms in total. The molecule has 0 fully saturated rings. The normalized spacial score (nSPS) is 12.9. The molecule has 1 aliphatic rings. The lowest BCUT2D eigenvalue weighted by molar-refractivity contribution is -0.384. The third kappa shape index (κ3) is 3.31. The van der Waals surface area contributed by atoms with E-state index in [0.717, 1.165) is 30.5 Å². The fourth-order valence-corrected chi connectivity index (χ4v) is 3.55. The number of aryl methyl sites for hydroxylation is 1. The monoisotopic (exact) mass is 331 g/mol. The summed E-state index contributed by atoms with van der Waals surface area (Å²) in [7, 11) is 0. The van der Waals surface area contributed by atoms with Crippen LogP contribution in [0.1, 0.15) is 28.0 Å². The predicted octanol–water partition coefficient (Wildman–Crippen LogP) is 2.14. The van der Waals surface area contributed by atoms with E-state index in [2.05, 4.69) is 9.97 Å². The number of Topliss-reactive ketones (excluding diaryl/α,β-unsaturated/α-hetero) is 1. The first-order valence-electron chi connectivity index (χ1n) is 7.07. The number of nitro groups is 1. The zero-order chi connectivity index (χ0) is 16.4. The lowest BCUT2D eigenvalue weighted by Crippen LogP contribution is -2.15. The third-order valence-electron chi connectivity index (χ3n) is 3.66. The number of thioether (sulfide) groups is 1.